The number of carboxylic acid groups (broad SMARTS) is 1. The number of halogens is 2. The molecule has 0 amide bonds. The van der Waals surface area contributed by atoms with Gasteiger partial charge in [0.15, 0.2) is 0 Å². The maximum Gasteiger partial charge on any atom is 0.335 e. The molecule has 0 heterocycles. The van der Waals surface area contributed by atoms with Gasteiger partial charge in [-0.15, -0.1) is 0 Å². The SMILES string of the molecule is Cc1cc(F)c(C2=CCCc3ccc(C(=O)O)cc32)cc1Cl. The smallest absolute Gasteiger partial charge is 0.335 e. The van der Waals surface area contributed by atoms with Crippen molar-refractivity contribution in [1.82, 2.24) is 0 Å². The van der Waals surface area contributed by atoms with E-state index in [4.69, 9.17) is 16.7 Å². The zero-order valence-electron chi connectivity index (χ0n) is 12.0. The first kappa shape index (κ1) is 14.8. The summed E-state index contributed by atoms with van der Waals surface area (Å²) >= 11 is 6.13. The van der Waals surface area contributed by atoms with Gasteiger partial charge in [-0.1, -0.05) is 23.7 Å². The van der Waals surface area contributed by atoms with Gasteiger partial charge in [0.1, 0.15) is 5.82 Å². The third kappa shape index (κ3) is 2.53. The number of carbonyl (C=O) groups is 1. The monoisotopic (exact) mass is 316 g/mol. The van der Waals surface area contributed by atoms with Crippen molar-refractivity contribution in [1.29, 1.82) is 0 Å². The van der Waals surface area contributed by atoms with Crippen molar-refractivity contribution in [3.8, 4) is 0 Å². The molecule has 0 spiro atoms. The number of hydrogen-bond acceptors (Lipinski definition) is 1. The van der Waals surface area contributed by atoms with Crippen molar-refractivity contribution >= 4 is 23.1 Å². The number of rotatable bonds is 2. The summed E-state index contributed by atoms with van der Waals surface area (Å²) in [5.74, 6) is -1.34. The van der Waals surface area contributed by atoms with Gasteiger partial charge in [0, 0.05) is 10.6 Å². The van der Waals surface area contributed by atoms with Crippen LogP contribution in [0.1, 0.15) is 39.0 Å². The first-order chi connectivity index (χ1) is 10.5. The van der Waals surface area contributed by atoms with Gasteiger partial charge in [0.25, 0.3) is 0 Å². The van der Waals surface area contributed by atoms with E-state index < -0.39 is 5.97 Å². The fourth-order valence-corrected chi connectivity index (χ4v) is 2.93. The van der Waals surface area contributed by atoms with Crippen LogP contribution >= 0.6 is 11.6 Å². The molecule has 0 saturated heterocycles. The maximum absolute atomic E-state index is 14.4. The second kappa shape index (κ2) is 5.58. The van der Waals surface area contributed by atoms with E-state index in [-0.39, 0.29) is 11.4 Å². The van der Waals surface area contributed by atoms with Crippen molar-refractivity contribution in [2.75, 3.05) is 0 Å². The van der Waals surface area contributed by atoms with Gasteiger partial charge in [-0.3, -0.25) is 0 Å². The first-order valence-electron chi connectivity index (χ1n) is 7.00. The summed E-state index contributed by atoms with van der Waals surface area (Å²) in [6.45, 7) is 1.75. The quantitative estimate of drug-likeness (QED) is 0.858. The van der Waals surface area contributed by atoms with Gasteiger partial charge in [-0.25, -0.2) is 9.18 Å². The normalized spacial score (nSPS) is 13.5. The molecule has 1 aliphatic carbocycles. The lowest BCUT2D eigenvalue weighted by Crippen LogP contribution is -2.06. The lowest BCUT2D eigenvalue weighted by molar-refractivity contribution is 0.0697. The van der Waals surface area contributed by atoms with Gasteiger partial charge in [-0.05, 0) is 66.3 Å². The summed E-state index contributed by atoms with van der Waals surface area (Å²) in [5, 5.41) is 9.66. The fraction of sp³-hybridized carbons (Fsp3) is 0.167. The Bertz CT molecular complexity index is 809. The minimum Gasteiger partial charge on any atom is -0.478 e. The molecular weight excluding hydrogens is 303 g/mol. The molecule has 1 N–H and O–H groups in total. The molecule has 0 unspecified atom stereocenters. The lowest BCUT2D eigenvalue weighted by Gasteiger charge is -2.19. The molecule has 112 valence electrons. The van der Waals surface area contributed by atoms with Crippen molar-refractivity contribution in [2.24, 2.45) is 0 Å². The van der Waals surface area contributed by atoms with E-state index in [2.05, 4.69) is 0 Å². The van der Waals surface area contributed by atoms with Crippen LogP contribution in [-0.2, 0) is 6.42 Å². The second-order valence-corrected chi connectivity index (χ2v) is 5.82. The Morgan fingerprint density at radius 1 is 1.23 bits per heavy atom. The third-order valence-corrected chi connectivity index (χ3v) is 4.35. The summed E-state index contributed by atoms with van der Waals surface area (Å²) in [6, 6.07) is 8.02. The van der Waals surface area contributed by atoms with Crippen molar-refractivity contribution in [2.45, 2.75) is 19.8 Å². The van der Waals surface area contributed by atoms with Crippen LogP contribution in [0, 0.1) is 12.7 Å². The molecule has 0 atom stereocenters. The summed E-state index contributed by atoms with van der Waals surface area (Å²) < 4.78 is 14.4. The molecule has 0 saturated carbocycles. The summed E-state index contributed by atoms with van der Waals surface area (Å²) in [7, 11) is 0. The van der Waals surface area contributed by atoms with Crippen molar-refractivity contribution < 1.29 is 14.3 Å². The zero-order chi connectivity index (χ0) is 15.9. The molecule has 0 radical (unpaired) electrons. The Morgan fingerprint density at radius 3 is 2.73 bits per heavy atom. The number of benzene rings is 2. The van der Waals surface area contributed by atoms with Gasteiger partial charge in [0.05, 0.1) is 5.56 Å². The number of hydrogen-bond donors (Lipinski definition) is 1. The van der Waals surface area contributed by atoms with E-state index in [0.29, 0.717) is 21.7 Å². The molecule has 2 nitrogen and oxygen atoms in total. The molecule has 0 aromatic heterocycles. The first-order valence-corrected chi connectivity index (χ1v) is 7.38. The average molecular weight is 317 g/mol. The van der Waals surface area contributed by atoms with E-state index in [1.54, 1.807) is 31.2 Å². The number of carboxylic acids is 1. The highest BCUT2D eigenvalue weighted by Crippen LogP contribution is 2.35. The van der Waals surface area contributed by atoms with E-state index in [9.17, 15) is 9.18 Å². The average Bonchev–Trinajstić information content (AvgIpc) is 2.50. The number of aromatic carboxylic acids is 1. The van der Waals surface area contributed by atoms with Crippen LogP contribution in [0.3, 0.4) is 0 Å². The Balaban J connectivity index is 2.18. The molecule has 4 heteroatoms. The third-order valence-electron chi connectivity index (χ3n) is 3.95. The summed E-state index contributed by atoms with van der Waals surface area (Å²) in [5.41, 5.74) is 3.80. The van der Waals surface area contributed by atoms with E-state index in [0.717, 1.165) is 24.0 Å². The van der Waals surface area contributed by atoms with Crippen molar-refractivity contribution in [3.63, 3.8) is 0 Å². The second-order valence-electron chi connectivity index (χ2n) is 5.41. The number of allylic oxidation sites excluding steroid dienone is 1. The number of fused-ring (bicyclic) bond motifs is 1. The highest BCUT2D eigenvalue weighted by Gasteiger charge is 2.19. The van der Waals surface area contributed by atoms with Gasteiger partial charge < -0.3 is 5.11 Å². The van der Waals surface area contributed by atoms with Crippen LogP contribution < -0.4 is 0 Å². The molecule has 2 aromatic carbocycles. The number of aryl methyl sites for hydroxylation is 2. The largest absolute Gasteiger partial charge is 0.478 e. The molecule has 22 heavy (non-hydrogen) atoms. The Kier molecular flexibility index (Phi) is 3.75. The molecule has 0 bridgehead atoms. The van der Waals surface area contributed by atoms with Crippen LogP contribution in [0.5, 0.6) is 0 Å². The maximum atomic E-state index is 14.4. The van der Waals surface area contributed by atoms with E-state index in [1.165, 1.54) is 6.07 Å². The van der Waals surface area contributed by atoms with E-state index in [1.807, 2.05) is 6.08 Å². The summed E-state index contributed by atoms with van der Waals surface area (Å²) in [6.07, 6.45) is 3.55. The summed E-state index contributed by atoms with van der Waals surface area (Å²) in [4.78, 5) is 11.2. The fourth-order valence-electron chi connectivity index (χ4n) is 2.77. The van der Waals surface area contributed by atoms with E-state index >= 15 is 0 Å². The Hall–Kier alpha value is -2.13. The predicted molar refractivity (Wildman–Crippen MR) is 84.9 cm³/mol. The minimum absolute atomic E-state index is 0.199. The molecule has 0 aliphatic heterocycles. The van der Waals surface area contributed by atoms with Crippen LogP contribution in [0.2, 0.25) is 5.02 Å². The zero-order valence-corrected chi connectivity index (χ0v) is 12.7. The van der Waals surface area contributed by atoms with Crippen LogP contribution in [0.4, 0.5) is 4.39 Å². The standard InChI is InChI=1S/C18H14ClFO2/c1-10-7-17(20)15(9-16(10)19)13-4-2-3-11-5-6-12(18(21)22)8-14(11)13/h4-9H,2-3H2,1H3,(H,21,22). The molecular formula is C18H14ClFO2. The minimum atomic E-state index is -0.991. The molecule has 0 fully saturated rings. The van der Waals surface area contributed by atoms with Crippen LogP contribution in [-0.4, -0.2) is 11.1 Å². The topological polar surface area (TPSA) is 37.3 Å². The Morgan fingerprint density at radius 2 is 2.00 bits per heavy atom. The van der Waals surface area contributed by atoms with Gasteiger partial charge in [0.2, 0.25) is 0 Å². The highest BCUT2D eigenvalue weighted by molar-refractivity contribution is 6.31. The highest BCUT2D eigenvalue weighted by atomic mass is 35.5. The molecule has 2 aromatic rings. The van der Waals surface area contributed by atoms with Gasteiger partial charge >= 0.3 is 5.97 Å². The van der Waals surface area contributed by atoms with Crippen LogP contribution in [0.15, 0.2) is 36.4 Å². The Labute approximate surface area is 132 Å². The lowest BCUT2D eigenvalue weighted by atomic mass is 9.85. The van der Waals surface area contributed by atoms with Crippen molar-refractivity contribution in [3.05, 3.63) is 75.1 Å². The van der Waals surface area contributed by atoms with Crippen LogP contribution in [0.25, 0.3) is 5.57 Å². The van der Waals surface area contributed by atoms with Gasteiger partial charge in [-0.2, -0.15) is 0 Å². The molecule has 1 aliphatic rings. The molecule has 3 rings (SSSR count). The predicted octanol–water partition coefficient (Wildman–Crippen LogP) is 4.86.